The summed E-state index contributed by atoms with van der Waals surface area (Å²) in [5.41, 5.74) is 6.70. The van der Waals surface area contributed by atoms with Gasteiger partial charge in [-0.25, -0.2) is 0 Å². The van der Waals surface area contributed by atoms with E-state index < -0.39 is 0 Å². The molecular weight excluding hydrogens is 210 g/mol. The van der Waals surface area contributed by atoms with Gasteiger partial charge in [0.1, 0.15) is 5.75 Å². The molecule has 2 aromatic carbocycles. The van der Waals surface area contributed by atoms with Crippen LogP contribution in [0, 0.1) is 11.8 Å². The summed E-state index contributed by atoms with van der Waals surface area (Å²) in [5, 5.41) is 2.09. The molecule has 2 heteroatoms. The Morgan fingerprint density at radius 3 is 2.65 bits per heavy atom. The van der Waals surface area contributed by atoms with Gasteiger partial charge >= 0.3 is 0 Å². The minimum Gasteiger partial charge on any atom is -0.492 e. The lowest BCUT2D eigenvalue weighted by Crippen LogP contribution is -1.97. The van der Waals surface area contributed by atoms with Gasteiger partial charge in [0.25, 0.3) is 0 Å². The number of benzene rings is 2. The summed E-state index contributed by atoms with van der Waals surface area (Å²) in [7, 11) is 0. The fourth-order valence-electron chi connectivity index (χ4n) is 1.76. The number of hydrogen-bond donors (Lipinski definition) is 1. The number of nitrogens with two attached hydrogens (primary N) is 1. The molecule has 0 aliphatic heterocycles. The van der Waals surface area contributed by atoms with Gasteiger partial charge in [0.05, 0.1) is 6.61 Å². The van der Waals surface area contributed by atoms with Crippen molar-refractivity contribution in [2.24, 2.45) is 0 Å². The zero-order chi connectivity index (χ0) is 12.1. The summed E-state index contributed by atoms with van der Waals surface area (Å²) in [6.07, 6.45) is 0.745. The van der Waals surface area contributed by atoms with Gasteiger partial charge in [0.2, 0.25) is 0 Å². The van der Waals surface area contributed by atoms with Crippen LogP contribution in [0.2, 0.25) is 0 Å². The molecule has 2 rings (SSSR count). The van der Waals surface area contributed by atoms with E-state index in [0.717, 1.165) is 28.6 Å². The molecule has 0 saturated carbocycles. The van der Waals surface area contributed by atoms with Crippen LogP contribution >= 0.6 is 0 Å². The Balaban J connectivity index is 2.27. The highest BCUT2D eigenvalue weighted by atomic mass is 16.5. The van der Waals surface area contributed by atoms with Gasteiger partial charge in [0.15, 0.2) is 0 Å². The fraction of sp³-hybridized carbons (Fsp3) is 0.200. The standard InChI is InChI=1S/C15H15NO/c1-2-3-6-11-17-15-10-9-14(16)12-7-4-5-8-13(12)15/h4-5,7-10H,6,11,16H2,1H3. The maximum absolute atomic E-state index is 5.92. The third-order valence-corrected chi connectivity index (χ3v) is 2.58. The Kier molecular flexibility index (Phi) is 3.52. The molecule has 2 N–H and O–H groups in total. The van der Waals surface area contributed by atoms with Gasteiger partial charge in [-0.1, -0.05) is 24.3 Å². The van der Waals surface area contributed by atoms with Crippen LogP contribution in [0.1, 0.15) is 13.3 Å². The van der Waals surface area contributed by atoms with Crippen LogP contribution in [-0.2, 0) is 0 Å². The minimum absolute atomic E-state index is 0.606. The molecule has 0 bridgehead atoms. The molecule has 2 nitrogen and oxygen atoms in total. The van der Waals surface area contributed by atoms with Crippen molar-refractivity contribution < 1.29 is 4.74 Å². The van der Waals surface area contributed by atoms with Gasteiger partial charge in [0, 0.05) is 22.9 Å². The SMILES string of the molecule is CC#CCCOc1ccc(N)c2ccccc12. The third kappa shape index (κ3) is 2.51. The van der Waals surface area contributed by atoms with E-state index in [-0.39, 0.29) is 0 Å². The summed E-state index contributed by atoms with van der Waals surface area (Å²) >= 11 is 0. The lowest BCUT2D eigenvalue weighted by atomic mass is 10.1. The zero-order valence-electron chi connectivity index (χ0n) is 9.86. The molecule has 2 aromatic rings. The molecule has 0 saturated heterocycles. The highest BCUT2D eigenvalue weighted by Crippen LogP contribution is 2.29. The molecule has 0 aliphatic rings. The van der Waals surface area contributed by atoms with Crippen LogP contribution in [0.5, 0.6) is 5.75 Å². The molecule has 0 amide bonds. The van der Waals surface area contributed by atoms with E-state index in [0.29, 0.717) is 6.61 Å². The summed E-state index contributed by atoms with van der Waals surface area (Å²) in [5.74, 6) is 6.70. The molecule has 0 aliphatic carbocycles. The predicted molar refractivity (Wildman–Crippen MR) is 71.9 cm³/mol. The number of rotatable bonds is 3. The van der Waals surface area contributed by atoms with Crippen LogP contribution in [0.4, 0.5) is 5.69 Å². The lowest BCUT2D eigenvalue weighted by molar-refractivity contribution is 0.331. The maximum Gasteiger partial charge on any atom is 0.127 e. The van der Waals surface area contributed by atoms with Crippen molar-refractivity contribution in [1.29, 1.82) is 0 Å². The highest BCUT2D eigenvalue weighted by molar-refractivity contribution is 5.96. The first kappa shape index (κ1) is 11.3. The summed E-state index contributed by atoms with van der Waals surface area (Å²) in [6, 6.07) is 11.8. The van der Waals surface area contributed by atoms with Crippen molar-refractivity contribution in [2.45, 2.75) is 13.3 Å². The quantitative estimate of drug-likeness (QED) is 0.494. The van der Waals surface area contributed by atoms with E-state index in [1.165, 1.54) is 0 Å². The summed E-state index contributed by atoms with van der Waals surface area (Å²) in [6.45, 7) is 2.44. The second-order valence-corrected chi connectivity index (χ2v) is 3.72. The zero-order valence-corrected chi connectivity index (χ0v) is 9.86. The van der Waals surface area contributed by atoms with Crippen LogP contribution in [0.25, 0.3) is 10.8 Å². The van der Waals surface area contributed by atoms with E-state index in [2.05, 4.69) is 11.8 Å². The van der Waals surface area contributed by atoms with Crippen LogP contribution in [-0.4, -0.2) is 6.61 Å². The van der Waals surface area contributed by atoms with Gasteiger partial charge in [-0.05, 0) is 19.1 Å². The molecule has 86 valence electrons. The molecule has 0 atom stereocenters. The second-order valence-electron chi connectivity index (χ2n) is 3.72. The predicted octanol–water partition coefficient (Wildman–Crippen LogP) is 3.21. The van der Waals surface area contributed by atoms with Crippen LogP contribution < -0.4 is 10.5 Å². The molecule has 0 heterocycles. The van der Waals surface area contributed by atoms with Crippen molar-refractivity contribution in [2.75, 3.05) is 12.3 Å². The van der Waals surface area contributed by atoms with Gasteiger partial charge in [-0.3, -0.25) is 0 Å². The smallest absolute Gasteiger partial charge is 0.127 e. The Bertz CT molecular complexity index is 578. The lowest BCUT2D eigenvalue weighted by Gasteiger charge is -2.09. The Hall–Kier alpha value is -2.14. The van der Waals surface area contributed by atoms with E-state index in [1.54, 1.807) is 0 Å². The summed E-state index contributed by atoms with van der Waals surface area (Å²) < 4.78 is 5.72. The number of anilines is 1. The van der Waals surface area contributed by atoms with Crippen molar-refractivity contribution in [3.05, 3.63) is 36.4 Å². The van der Waals surface area contributed by atoms with E-state index in [4.69, 9.17) is 10.5 Å². The number of ether oxygens (including phenoxy) is 1. The molecule has 0 aromatic heterocycles. The molecule has 0 unspecified atom stereocenters. The largest absolute Gasteiger partial charge is 0.492 e. The van der Waals surface area contributed by atoms with Crippen LogP contribution in [0.3, 0.4) is 0 Å². The molecule has 0 spiro atoms. The first-order valence-electron chi connectivity index (χ1n) is 5.62. The third-order valence-electron chi connectivity index (χ3n) is 2.58. The van der Waals surface area contributed by atoms with Crippen LogP contribution in [0.15, 0.2) is 36.4 Å². The Morgan fingerprint density at radius 1 is 1.12 bits per heavy atom. The van der Waals surface area contributed by atoms with Crippen molar-refractivity contribution >= 4 is 16.5 Å². The summed E-state index contributed by atoms with van der Waals surface area (Å²) in [4.78, 5) is 0. The van der Waals surface area contributed by atoms with Gasteiger partial charge in [-0.2, -0.15) is 0 Å². The van der Waals surface area contributed by atoms with E-state index >= 15 is 0 Å². The van der Waals surface area contributed by atoms with Crippen molar-refractivity contribution in [3.63, 3.8) is 0 Å². The maximum atomic E-state index is 5.92. The van der Waals surface area contributed by atoms with E-state index in [9.17, 15) is 0 Å². The average Bonchev–Trinajstić information content (AvgIpc) is 2.37. The topological polar surface area (TPSA) is 35.2 Å². The normalized spacial score (nSPS) is 9.71. The molecule has 17 heavy (non-hydrogen) atoms. The fourth-order valence-corrected chi connectivity index (χ4v) is 1.76. The molecular formula is C15H15NO. The Labute approximate surface area is 101 Å². The molecule has 0 radical (unpaired) electrons. The number of hydrogen-bond acceptors (Lipinski definition) is 2. The average molecular weight is 225 g/mol. The highest BCUT2D eigenvalue weighted by Gasteiger charge is 2.03. The Morgan fingerprint density at radius 2 is 1.88 bits per heavy atom. The van der Waals surface area contributed by atoms with E-state index in [1.807, 2.05) is 43.3 Å². The van der Waals surface area contributed by atoms with Gasteiger partial charge in [-0.15, -0.1) is 11.8 Å². The van der Waals surface area contributed by atoms with Gasteiger partial charge < -0.3 is 10.5 Å². The second kappa shape index (κ2) is 5.27. The van der Waals surface area contributed by atoms with Crippen molar-refractivity contribution in [1.82, 2.24) is 0 Å². The number of fused-ring (bicyclic) bond motifs is 1. The number of nitrogen functional groups attached to an aromatic ring is 1. The minimum atomic E-state index is 0.606. The first-order valence-corrected chi connectivity index (χ1v) is 5.62. The van der Waals surface area contributed by atoms with Crippen molar-refractivity contribution in [3.8, 4) is 17.6 Å². The first-order chi connectivity index (χ1) is 8.33. The monoisotopic (exact) mass is 225 g/mol. The molecule has 0 fully saturated rings.